The van der Waals surface area contributed by atoms with Crippen LogP contribution < -0.4 is 18.9 Å². The Morgan fingerprint density at radius 3 is 2.57 bits per heavy atom. The smallest absolute Gasteiger partial charge is 0.374 e. The minimum atomic E-state index is -0.307. The molecule has 3 saturated heterocycles. The summed E-state index contributed by atoms with van der Waals surface area (Å²) in [6.07, 6.45) is 3.04. The van der Waals surface area contributed by atoms with Crippen LogP contribution in [0.15, 0.2) is 36.5 Å². The fourth-order valence-corrected chi connectivity index (χ4v) is 4.04. The van der Waals surface area contributed by atoms with Crippen molar-refractivity contribution in [3.8, 4) is 17.2 Å². The molecule has 0 N–H and O–H groups in total. The number of hydrogen-bond acceptors (Lipinski definition) is 6. The first kappa shape index (κ1) is 20.3. The van der Waals surface area contributed by atoms with Crippen LogP contribution in [0.1, 0.15) is 28.9 Å². The highest BCUT2D eigenvalue weighted by Gasteiger charge is 2.35. The van der Waals surface area contributed by atoms with Crippen LogP contribution >= 0.6 is 0 Å². The van der Waals surface area contributed by atoms with Crippen molar-refractivity contribution in [1.82, 2.24) is 9.80 Å². The molecular formula is C21H24BN3O5. The average molecular weight is 409 g/mol. The number of rotatable bonds is 6. The van der Waals surface area contributed by atoms with Crippen molar-refractivity contribution in [3.05, 3.63) is 53.0 Å². The van der Waals surface area contributed by atoms with E-state index in [9.17, 15) is 10.0 Å². The summed E-state index contributed by atoms with van der Waals surface area (Å²) >= 11 is 0. The van der Waals surface area contributed by atoms with Gasteiger partial charge in [0, 0.05) is 32.2 Å². The summed E-state index contributed by atoms with van der Waals surface area (Å²) in [6, 6.07) is 8.87. The highest BCUT2D eigenvalue weighted by atomic mass is 16.5. The van der Waals surface area contributed by atoms with Gasteiger partial charge in [0.25, 0.3) is 5.69 Å². The minimum Gasteiger partial charge on any atom is -0.618 e. The first-order valence-electron chi connectivity index (χ1n) is 10.0. The molecule has 156 valence electrons. The van der Waals surface area contributed by atoms with Gasteiger partial charge in [0.2, 0.25) is 11.9 Å². The van der Waals surface area contributed by atoms with Crippen molar-refractivity contribution in [1.29, 1.82) is 0 Å². The number of carbonyl (C=O) groups excluding carboxylic acids is 1. The molecule has 5 rings (SSSR count). The quantitative estimate of drug-likeness (QED) is 0.407. The Morgan fingerprint density at radius 1 is 1.17 bits per heavy atom. The summed E-state index contributed by atoms with van der Waals surface area (Å²) in [5.74, 6) is 0.743. The second kappa shape index (κ2) is 8.83. The van der Waals surface area contributed by atoms with E-state index in [1.807, 2.05) is 24.3 Å². The number of nitrogens with zero attached hydrogens (tertiary/aromatic N) is 3. The largest absolute Gasteiger partial charge is 0.618 e. The van der Waals surface area contributed by atoms with E-state index in [-0.39, 0.29) is 35.7 Å². The Hall–Kier alpha value is -2.94. The van der Waals surface area contributed by atoms with Gasteiger partial charge in [-0.1, -0.05) is 12.1 Å². The molecule has 4 heterocycles. The molecule has 30 heavy (non-hydrogen) atoms. The molecule has 3 aliphatic heterocycles. The van der Waals surface area contributed by atoms with Crippen molar-refractivity contribution >= 4 is 14.0 Å². The predicted octanol–water partition coefficient (Wildman–Crippen LogP) is 1.29. The van der Waals surface area contributed by atoms with E-state index < -0.39 is 0 Å². The van der Waals surface area contributed by atoms with Gasteiger partial charge in [0.15, 0.2) is 5.75 Å². The predicted molar refractivity (Wildman–Crippen MR) is 110 cm³/mol. The maximum atomic E-state index is 13.1. The van der Waals surface area contributed by atoms with Crippen LogP contribution in [0.25, 0.3) is 0 Å². The van der Waals surface area contributed by atoms with Crippen LogP contribution in [0.2, 0.25) is 0 Å². The Labute approximate surface area is 177 Å². The molecule has 3 fully saturated rings. The molecule has 8 nitrogen and oxygen atoms in total. The van der Waals surface area contributed by atoms with Crippen molar-refractivity contribution in [2.24, 2.45) is 0 Å². The molecule has 2 bridgehead atoms. The fraction of sp³-hybridized carbons (Fsp3) is 0.429. The van der Waals surface area contributed by atoms with Crippen LogP contribution in [0, 0.1) is 5.21 Å². The summed E-state index contributed by atoms with van der Waals surface area (Å²) < 4.78 is 16.3. The fourth-order valence-electron chi connectivity index (χ4n) is 4.04. The molecule has 9 heteroatoms. The zero-order chi connectivity index (χ0) is 21.1. The normalized spacial score (nSPS) is 20.5. The van der Waals surface area contributed by atoms with Crippen molar-refractivity contribution < 1.29 is 23.7 Å². The monoisotopic (exact) mass is 409 g/mol. The third-order valence-electron chi connectivity index (χ3n) is 5.80. The molecule has 0 atom stereocenters. The third-order valence-corrected chi connectivity index (χ3v) is 5.80. The Morgan fingerprint density at radius 2 is 1.90 bits per heavy atom. The topological polar surface area (TPSA) is 78.2 Å². The number of aromatic nitrogens is 1. The molecule has 0 saturated carbocycles. The highest BCUT2D eigenvalue weighted by Crippen LogP contribution is 2.28. The van der Waals surface area contributed by atoms with Crippen LogP contribution in [0.5, 0.6) is 17.2 Å². The van der Waals surface area contributed by atoms with E-state index in [2.05, 4.69) is 4.90 Å². The number of amides is 1. The third kappa shape index (κ3) is 4.16. The van der Waals surface area contributed by atoms with Gasteiger partial charge in [-0.15, -0.1) is 0 Å². The zero-order valence-electron chi connectivity index (χ0n) is 17.0. The Bertz CT molecular complexity index is 900. The highest BCUT2D eigenvalue weighted by molar-refractivity contribution is 6.00. The molecule has 1 aromatic carbocycles. The second-order valence-electron chi connectivity index (χ2n) is 7.54. The van der Waals surface area contributed by atoms with Gasteiger partial charge in [-0.3, -0.25) is 4.79 Å². The SMILES string of the molecule is [B]Oc1cc(C(=O)N2CCN3CCC2CC3)[n+]([O-])cc1OCc1ccc(OC)cc1. The van der Waals surface area contributed by atoms with E-state index in [0.29, 0.717) is 11.3 Å². The van der Waals surface area contributed by atoms with Crippen LogP contribution in [-0.2, 0) is 6.61 Å². The van der Waals surface area contributed by atoms with Crippen LogP contribution in [0.3, 0.4) is 0 Å². The molecule has 1 aromatic heterocycles. The lowest BCUT2D eigenvalue weighted by Crippen LogP contribution is -2.46. The number of ether oxygens (including phenoxy) is 2. The van der Waals surface area contributed by atoms with Gasteiger partial charge in [0.05, 0.1) is 13.2 Å². The van der Waals surface area contributed by atoms with E-state index in [1.165, 1.54) is 12.3 Å². The summed E-state index contributed by atoms with van der Waals surface area (Å²) in [5, 5.41) is 12.6. The molecule has 0 spiro atoms. The van der Waals surface area contributed by atoms with E-state index in [0.717, 1.165) is 43.8 Å². The summed E-state index contributed by atoms with van der Waals surface area (Å²) in [5.41, 5.74) is 0.860. The second-order valence-corrected chi connectivity index (χ2v) is 7.54. The minimum absolute atomic E-state index is 0.0207. The van der Waals surface area contributed by atoms with Gasteiger partial charge in [-0.2, -0.15) is 4.73 Å². The van der Waals surface area contributed by atoms with E-state index in [1.54, 1.807) is 12.0 Å². The number of piperidine rings is 1. The van der Waals surface area contributed by atoms with Gasteiger partial charge in [-0.25, -0.2) is 0 Å². The number of hydrogen-bond donors (Lipinski definition) is 0. The van der Waals surface area contributed by atoms with Crippen LogP contribution in [-0.4, -0.2) is 63.1 Å². The molecule has 0 unspecified atom stereocenters. The molecule has 0 aliphatic carbocycles. The van der Waals surface area contributed by atoms with Crippen molar-refractivity contribution in [3.63, 3.8) is 0 Å². The lowest BCUT2D eigenvalue weighted by Gasteiger charge is -2.30. The van der Waals surface area contributed by atoms with Gasteiger partial charge in [0.1, 0.15) is 12.4 Å². The molecule has 2 aromatic rings. The van der Waals surface area contributed by atoms with Crippen molar-refractivity contribution in [2.75, 3.05) is 33.3 Å². The summed E-state index contributed by atoms with van der Waals surface area (Å²) in [4.78, 5) is 17.3. The molecule has 1 amide bonds. The Kier molecular flexibility index (Phi) is 5.99. The molecule has 2 radical (unpaired) electrons. The standard InChI is InChI=1S/C21H24BN3O5/c1-28-17-4-2-15(3-5-17)14-29-20-13-25(27)18(12-19(20)30-22)21(26)24-11-10-23-8-6-16(24)7-9-23/h2-5,12-13,16H,6-11,14H2,1H3. The molecule has 3 aliphatic rings. The van der Waals surface area contributed by atoms with Gasteiger partial charge < -0.3 is 29.1 Å². The maximum absolute atomic E-state index is 13.1. The summed E-state index contributed by atoms with van der Waals surface area (Å²) in [6.45, 7) is 3.61. The lowest BCUT2D eigenvalue weighted by molar-refractivity contribution is -0.608. The average Bonchev–Trinajstić information content (AvgIpc) is 3.11. The first-order chi connectivity index (χ1) is 14.6. The van der Waals surface area contributed by atoms with Crippen molar-refractivity contribution in [2.45, 2.75) is 25.5 Å². The number of benzene rings is 1. The van der Waals surface area contributed by atoms with Crippen LogP contribution in [0.4, 0.5) is 0 Å². The Balaban J connectivity index is 1.51. The number of methoxy groups -OCH3 is 1. The summed E-state index contributed by atoms with van der Waals surface area (Å²) in [7, 11) is 7.00. The number of carbonyl (C=O) groups is 1. The maximum Gasteiger partial charge on any atom is 0.374 e. The number of pyridine rings is 1. The zero-order valence-corrected chi connectivity index (χ0v) is 17.0. The lowest BCUT2D eigenvalue weighted by atomic mass is 10.0. The molecular weight excluding hydrogens is 385 g/mol. The first-order valence-corrected chi connectivity index (χ1v) is 10.0. The van der Waals surface area contributed by atoms with E-state index >= 15 is 0 Å². The number of fused-ring (bicyclic) bond motifs is 4. The van der Waals surface area contributed by atoms with Gasteiger partial charge in [-0.05, 0) is 30.5 Å². The van der Waals surface area contributed by atoms with Gasteiger partial charge >= 0.3 is 14.0 Å². The van der Waals surface area contributed by atoms with E-state index in [4.69, 9.17) is 22.2 Å².